The fourth-order valence-corrected chi connectivity index (χ4v) is 3.62. The molecule has 4 rings (SSSR count). The molecular weight excluding hydrogens is 482 g/mol. The number of hydrogen-bond acceptors (Lipinski definition) is 7. The van der Waals surface area contributed by atoms with E-state index in [1.165, 1.54) is 43.5 Å². The molecule has 2 aromatic heterocycles. The SMILES string of the molecule is C[C@@]1(c2cc(-c3cc(-c4ccc(OCC(F)F)cn4)no3)ccc2F)C[C@@H](C(F)(F)F)OC(N)=N1. The molecule has 0 saturated carbocycles. The maximum atomic E-state index is 14.7. The molecule has 0 spiro atoms. The van der Waals surface area contributed by atoms with Crippen LogP contribution in [0.1, 0.15) is 18.9 Å². The van der Waals surface area contributed by atoms with Gasteiger partial charge in [-0.25, -0.2) is 18.2 Å². The van der Waals surface area contributed by atoms with Crippen molar-refractivity contribution >= 4 is 6.02 Å². The number of pyridine rings is 1. The second kappa shape index (κ2) is 9.12. The number of nitrogens with zero attached hydrogens (tertiary/aromatic N) is 3. The number of halogens is 6. The molecule has 1 aromatic carbocycles. The Hall–Kier alpha value is -3.77. The first kappa shape index (κ1) is 24.4. The number of alkyl halides is 5. The monoisotopic (exact) mass is 500 g/mol. The van der Waals surface area contributed by atoms with Gasteiger partial charge in [0, 0.05) is 23.6 Å². The van der Waals surface area contributed by atoms with E-state index in [1.807, 2.05) is 0 Å². The Morgan fingerprint density at radius 3 is 2.60 bits per heavy atom. The van der Waals surface area contributed by atoms with Crippen molar-refractivity contribution in [1.29, 1.82) is 0 Å². The van der Waals surface area contributed by atoms with Crippen LogP contribution in [-0.2, 0) is 10.3 Å². The van der Waals surface area contributed by atoms with Gasteiger partial charge in [0.15, 0.2) is 11.9 Å². The molecule has 2 atom stereocenters. The van der Waals surface area contributed by atoms with E-state index in [2.05, 4.69) is 19.9 Å². The summed E-state index contributed by atoms with van der Waals surface area (Å²) in [5, 5.41) is 3.90. The van der Waals surface area contributed by atoms with Gasteiger partial charge < -0.3 is 19.7 Å². The highest BCUT2D eigenvalue weighted by Crippen LogP contribution is 2.42. The predicted molar refractivity (Wildman–Crippen MR) is 111 cm³/mol. The molecule has 2 N–H and O–H groups in total. The zero-order valence-corrected chi connectivity index (χ0v) is 18.0. The van der Waals surface area contributed by atoms with Crippen molar-refractivity contribution in [3.8, 4) is 28.5 Å². The average Bonchev–Trinajstić information content (AvgIpc) is 3.27. The van der Waals surface area contributed by atoms with Gasteiger partial charge in [-0.05, 0) is 37.3 Å². The lowest BCUT2D eigenvalue weighted by Crippen LogP contribution is -2.46. The van der Waals surface area contributed by atoms with Crippen LogP contribution in [0, 0.1) is 5.82 Å². The van der Waals surface area contributed by atoms with Crippen LogP contribution in [-0.4, -0.2) is 41.5 Å². The fraction of sp³-hybridized carbons (Fsp3) is 0.318. The van der Waals surface area contributed by atoms with Crippen LogP contribution < -0.4 is 10.5 Å². The summed E-state index contributed by atoms with van der Waals surface area (Å²) in [6, 6.07) is 7.46. The first-order chi connectivity index (χ1) is 16.4. The van der Waals surface area contributed by atoms with Crippen LogP contribution in [0.25, 0.3) is 22.7 Å². The highest BCUT2D eigenvalue weighted by Gasteiger charge is 2.50. The van der Waals surface area contributed by atoms with Crippen LogP contribution in [0.4, 0.5) is 26.3 Å². The van der Waals surface area contributed by atoms with Crippen LogP contribution >= 0.6 is 0 Å². The van der Waals surface area contributed by atoms with Crippen LogP contribution in [0.15, 0.2) is 52.1 Å². The van der Waals surface area contributed by atoms with Crippen molar-refractivity contribution in [2.75, 3.05) is 6.61 Å². The third kappa shape index (κ3) is 5.33. The molecule has 1 aliphatic rings. The number of aliphatic imine (C=N–C) groups is 1. The van der Waals surface area contributed by atoms with Crippen molar-refractivity contribution in [2.24, 2.45) is 10.7 Å². The van der Waals surface area contributed by atoms with Gasteiger partial charge in [-0.15, -0.1) is 0 Å². The van der Waals surface area contributed by atoms with Gasteiger partial charge in [-0.3, -0.25) is 4.98 Å². The van der Waals surface area contributed by atoms with Crippen molar-refractivity contribution in [2.45, 2.75) is 37.6 Å². The Kier molecular flexibility index (Phi) is 6.34. The fourth-order valence-electron chi connectivity index (χ4n) is 3.62. The lowest BCUT2D eigenvalue weighted by Gasteiger charge is -2.36. The van der Waals surface area contributed by atoms with E-state index >= 15 is 0 Å². The normalized spacial score (nSPS) is 20.5. The highest BCUT2D eigenvalue weighted by molar-refractivity contribution is 5.73. The Morgan fingerprint density at radius 1 is 1.17 bits per heavy atom. The molecule has 3 heterocycles. The van der Waals surface area contributed by atoms with E-state index in [4.69, 9.17) is 15.0 Å². The Balaban J connectivity index is 1.61. The summed E-state index contributed by atoms with van der Waals surface area (Å²) in [5.41, 5.74) is 4.63. The molecular formula is C22H18F6N4O3. The molecule has 1 aliphatic heterocycles. The maximum Gasteiger partial charge on any atom is 0.425 e. The minimum atomic E-state index is -4.72. The smallest absolute Gasteiger partial charge is 0.425 e. The first-order valence-electron chi connectivity index (χ1n) is 10.2. The Bertz CT molecular complexity index is 1230. The van der Waals surface area contributed by atoms with E-state index in [1.54, 1.807) is 0 Å². The second-order valence-electron chi connectivity index (χ2n) is 7.93. The van der Waals surface area contributed by atoms with Gasteiger partial charge >= 0.3 is 6.18 Å². The number of ether oxygens (including phenoxy) is 2. The zero-order chi connectivity index (χ0) is 25.4. The molecule has 0 fully saturated rings. The summed E-state index contributed by atoms with van der Waals surface area (Å²) in [4.78, 5) is 8.03. The van der Waals surface area contributed by atoms with Crippen molar-refractivity contribution in [1.82, 2.24) is 10.1 Å². The van der Waals surface area contributed by atoms with Gasteiger partial charge in [0.1, 0.15) is 23.9 Å². The second-order valence-corrected chi connectivity index (χ2v) is 7.93. The highest BCUT2D eigenvalue weighted by atomic mass is 19.4. The summed E-state index contributed by atoms with van der Waals surface area (Å²) in [6.45, 7) is 0.559. The van der Waals surface area contributed by atoms with Gasteiger partial charge in [0.25, 0.3) is 12.4 Å². The molecule has 7 nitrogen and oxygen atoms in total. The minimum Gasteiger partial charge on any atom is -0.486 e. The van der Waals surface area contributed by atoms with E-state index in [9.17, 15) is 26.3 Å². The van der Waals surface area contributed by atoms with Gasteiger partial charge in [0.05, 0.1) is 17.4 Å². The third-order valence-corrected chi connectivity index (χ3v) is 5.28. The number of aromatic nitrogens is 2. The first-order valence-corrected chi connectivity index (χ1v) is 10.2. The summed E-state index contributed by atoms with van der Waals surface area (Å²) >= 11 is 0. The molecule has 0 radical (unpaired) electrons. The lowest BCUT2D eigenvalue weighted by molar-refractivity contribution is -0.208. The van der Waals surface area contributed by atoms with E-state index in [0.29, 0.717) is 11.3 Å². The number of nitrogens with two attached hydrogens (primary N) is 1. The van der Waals surface area contributed by atoms with E-state index in [-0.39, 0.29) is 22.8 Å². The van der Waals surface area contributed by atoms with Crippen molar-refractivity contribution in [3.05, 3.63) is 54.0 Å². The molecule has 0 saturated heterocycles. The largest absolute Gasteiger partial charge is 0.486 e. The minimum absolute atomic E-state index is 0.132. The van der Waals surface area contributed by atoms with Gasteiger partial charge in [-0.1, -0.05) is 5.16 Å². The molecule has 13 heteroatoms. The molecule has 0 aliphatic carbocycles. The zero-order valence-electron chi connectivity index (χ0n) is 18.0. The molecule has 0 unspecified atom stereocenters. The van der Waals surface area contributed by atoms with Gasteiger partial charge in [0.2, 0.25) is 0 Å². The van der Waals surface area contributed by atoms with E-state index < -0.39 is 49.1 Å². The average molecular weight is 500 g/mol. The molecule has 0 bridgehead atoms. The summed E-state index contributed by atoms with van der Waals surface area (Å²) in [5.74, 6) is -0.458. The van der Waals surface area contributed by atoms with Crippen LogP contribution in [0.2, 0.25) is 0 Å². The van der Waals surface area contributed by atoms with Crippen LogP contribution in [0.3, 0.4) is 0 Å². The van der Waals surface area contributed by atoms with Crippen molar-refractivity contribution in [3.63, 3.8) is 0 Å². The van der Waals surface area contributed by atoms with Crippen LogP contribution in [0.5, 0.6) is 5.75 Å². The quantitative estimate of drug-likeness (QED) is 0.475. The Labute approximate surface area is 194 Å². The maximum absolute atomic E-state index is 14.7. The third-order valence-electron chi connectivity index (χ3n) is 5.28. The molecule has 35 heavy (non-hydrogen) atoms. The number of rotatable bonds is 6. The summed E-state index contributed by atoms with van der Waals surface area (Å²) < 4.78 is 93.9. The Morgan fingerprint density at radius 2 is 1.94 bits per heavy atom. The summed E-state index contributed by atoms with van der Waals surface area (Å²) in [6.07, 6.45) is -9.03. The topological polar surface area (TPSA) is 95.8 Å². The molecule has 186 valence electrons. The number of hydrogen-bond donors (Lipinski definition) is 1. The number of benzene rings is 1. The molecule has 3 aromatic rings. The van der Waals surface area contributed by atoms with Gasteiger partial charge in [-0.2, -0.15) is 13.2 Å². The van der Waals surface area contributed by atoms with Crippen molar-refractivity contribution < 1.29 is 40.3 Å². The van der Waals surface area contributed by atoms with E-state index in [0.717, 1.165) is 6.07 Å². The summed E-state index contributed by atoms with van der Waals surface area (Å²) in [7, 11) is 0. The molecule has 0 amide bonds. The standard InChI is InChI=1S/C22H18F6N4O3/c1-21(8-18(22(26,27)28)34-20(29)31-21)13-6-11(2-4-14(13)23)17-7-16(32-35-17)15-5-3-12(9-30-15)33-10-19(24)25/h2-7,9,18-19H,8,10H2,1H3,(H2,29,31)/t18-,21-/m0/s1. The lowest BCUT2D eigenvalue weighted by atomic mass is 9.84. The predicted octanol–water partition coefficient (Wildman–Crippen LogP) is 5.07. The number of amidine groups is 1.